The van der Waals surface area contributed by atoms with Gasteiger partial charge in [0.05, 0.1) is 17.6 Å². The van der Waals surface area contributed by atoms with Gasteiger partial charge in [-0.25, -0.2) is 13.2 Å². The Kier molecular flexibility index (Phi) is 9.98. The molecule has 11 heteroatoms. The van der Waals surface area contributed by atoms with Gasteiger partial charge in [-0.05, 0) is 67.5 Å². The number of piperidine rings is 1. The van der Waals surface area contributed by atoms with Gasteiger partial charge in [0.1, 0.15) is 11.6 Å². The summed E-state index contributed by atoms with van der Waals surface area (Å²) >= 11 is 7.56. The molecular weight excluding hydrogens is 551 g/mol. The number of benzene rings is 2. The van der Waals surface area contributed by atoms with E-state index in [0.29, 0.717) is 42.1 Å². The van der Waals surface area contributed by atoms with E-state index in [1.807, 2.05) is 18.2 Å². The average Bonchev–Trinajstić information content (AvgIpc) is 2.90. The lowest BCUT2D eigenvalue weighted by atomic mass is 9.79. The molecule has 1 aliphatic heterocycles. The number of likely N-dealkylation sites (tertiary alicyclic amines) is 1. The SMILES string of the molecule is COc1ccc2ncc(Cl)c([C@@H](N)CC[C@@H]3CCN(CCSc4cc(F)cc(F)c4F)C[C@H]3CC(=O)O)c2c1. The standard InChI is InChI=1S/C28H31ClF3N3O3S/c1-38-19-3-5-24-20(13-19)27(21(29)14-34-24)23(33)4-2-16-6-7-35(15-17(16)10-26(36)37)8-9-39-25-12-18(30)11-22(31)28(25)32/h3,5,11-14,16-17,23H,2,4,6-10,15,33H2,1H3,(H,36,37)/t16-,17-,23+/m1/s1. The van der Waals surface area contributed by atoms with Crippen LogP contribution in [0.15, 0.2) is 41.4 Å². The number of nitrogens with zero attached hydrogens (tertiary/aromatic N) is 2. The summed E-state index contributed by atoms with van der Waals surface area (Å²) in [5, 5.41) is 10.9. The Labute approximate surface area is 234 Å². The van der Waals surface area contributed by atoms with Crippen molar-refractivity contribution in [3.63, 3.8) is 0 Å². The molecule has 2 heterocycles. The first-order valence-electron chi connectivity index (χ1n) is 12.8. The first-order valence-corrected chi connectivity index (χ1v) is 14.1. The molecule has 210 valence electrons. The lowest BCUT2D eigenvalue weighted by molar-refractivity contribution is -0.139. The second-order valence-corrected chi connectivity index (χ2v) is 11.4. The number of carboxylic acids is 1. The molecule has 6 nitrogen and oxygen atoms in total. The molecule has 0 unspecified atom stereocenters. The second-order valence-electron chi connectivity index (χ2n) is 9.84. The molecule has 2 aromatic carbocycles. The quantitative estimate of drug-likeness (QED) is 0.203. The molecule has 0 bridgehead atoms. The van der Waals surface area contributed by atoms with Crippen LogP contribution in [0, 0.1) is 29.3 Å². The number of hydrogen-bond donors (Lipinski definition) is 2. The minimum absolute atomic E-state index is 0.0312. The van der Waals surface area contributed by atoms with Crippen molar-refractivity contribution in [3.05, 3.63) is 64.6 Å². The number of carbonyl (C=O) groups is 1. The minimum atomic E-state index is -1.21. The normalized spacial score (nSPS) is 18.8. The number of nitrogens with two attached hydrogens (primary N) is 1. The number of aliphatic carboxylic acids is 1. The molecule has 1 aliphatic rings. The highest BCUT2D eigenvalue weighted by Crippen LogP contribution is 2.37. The smallest absolute Gasteiger partial charge is 0.303 e. The van der Waals surface area contributed by atoms with Gasteiger partial charge in [0.25, 0.3) is 0 Å². The molecule has 3 N–H and O–H groups in total. The van der Waals surface area contributed by atoms with Crippen LogP contribution in [0.2, 0.25) is 5.02 Å². The van der Waals surface area contributed by atoms with Gasteiger partial charge >= 0.3 is 5.97 Å². The van der Waals surface area contributed by atoms with Crippen LogP contribution in [0.5, 0.6) is 5.75 Å². The molecule has 4 rings (SSSR count). The zero-order valence-corrected chi connectivity index (χ0v) is 23.1. The van der Waals surface area contributed by atoms with Crippen LogP contribution in [0.4, 0.5) is 13.2 Å². The molecule has 1 saturated heterocycles. The van der Waals surface area contributed by atoms with Gasteiger partial charge in [0.15, 0.2) is 11.6 Å². The van der Waals surface area contributed by atoms with Crippen LogP contribution in [-0.4, -0.2) is 53.5 Å². The molecule has 1 fully saturated rings. The van der Waals surface area contributed by atoms with Crippen molar-refractivity contribution in [1.82, 2.24) is 9.88 Å². The van der Waals surface area contributed by atoms with E-state index >= 15 is 0 Å². The summed E-state index contributed by atoms with van der Waals surface area (Å²) in [4.78, 5) is 18.1. The Bertz CT molecular complexity index is 1330. The van der Waals surface area contributed by atoms with Crippen molar-refractivity contribution >= 4 is 40.2 Å². The van der Waals surface area contributed by atoms with Crippen LogP contribution < -0.4 is 10.5 Å². The third-order valence-corrected chi connectivity index (χ3v) is 8.62. The van der Waals surface area contributed by atoms with E-state index in [9.17, 15) is 23.1 Å². The fourth-order valence-electron chi connectivity index (χ4n) is 5.33. The lowest BCUT2D eigenvalue weighted by Crippen LogP contribution is -2.42. The van der Waals surface area contributed by atoms with E-state index in [-0.39, 0.29) is 29.2 Å². The van der Waals surface area contributed by atoms with Crippen molar-refractivity contribution in [3.8, 4) is 5.75 Å². The van der Waals surface area contributed by atoms with E-state index in [1.165, 1.54) is 0 Å². The van der Waals surface area contributed by atoms with E-state index in [1.54, 1.807) is 13.3 Å². The highest BCUT2D eigenvalue weighted by Gasteiger charge is 2.31. The number of pyridine rings is 1. The monoisotopic (exact) mass is 581 g/mol. The topological polar surface area (TPSA) is 88.7 Å². The Morgan fingerprint density at radius 2 is 2.08 bits per heavy atom. The summed E-state index contributed by atoms with van der Waals surface area (Å²) in [6.07, 6.45) is 3.77. The molecule has 0 spiro atoms. The van der Waals surface area contributed by atoms with E-state index in [4.69, 9.17) is 22.1 Å². The molecule has 0 radical (unpaired) electrons. The van der Waals surface area contributed by atoms with E-state index in [0.717, 1.165) is 53.7 Å². The van der Waals surface area contributed by atoms with Gasteiger partial charge in [0.2, 0.25) is 0 Å². The maximum atomic E-state index is 14.0. The van der Waals surface area contributed by atoms with Crippen LogP contribution in [0.3, 0.4) is 0 Å². The minimum Gasteiger partial charge on any atom is -0.497 e. The van der Waals surface area contributed by atoms with Gasteiger partial charge in [-0.15, -0.1) is 11.8 Å². The fourth-order valence-corrected chi connectivity index (χ4v) is 6.61. The first-order chi connectivity index (χ1) is 18.7. The fraction of sp³-hybridized carbons (Fsp3) is 0.429. The zero-order valence-electron chi connectivity index (χ0n) is 21.5. The summed E-state index contributed by atoms with van der Waals surface area (Å²) in [7, 11) is 1.59. The van der Waals surface area contributed by atoms with Crippen molar-refractivity contribution in [1.29, 1.82) is 0 Å². The van der Waals surface area contributed by atoms with Gasteiger partial charge in [-0.2, -0.15) is 0 Å². The third kappa shape index (κ3) is 7.36. The number of aromatic nitrogens is 1. The van der Waals surface area contributed by atoms with Crippen molar-refractivity contribution in [2.45, 2.75) is 36.6 Å². The van der Waals surface area contributed by atoms with Crippen molar-refractivity contribution < 1.29 is 27.8 Å². The molecule has 3 aromatic rings. The maximum Gasteiger partial charge on any atom is 0.303 e. The largest absolute Gasteiger partial charge is 0.497 e. The van der Waals surface area contributed by atoms with Crippen LogP contribution in [0.25, 0.3) is 10.9 Å². The summed E-state index contributed by atoms with van der Waals surface area (Å²) in [5.74, 6) is -2.77. The highest BCUT2D eigenvalue weighted by molar-refractivity contribution is 7.99. The number of hydrogen-bond acceptors (Lipinski definition) is 6. The van der Waals surface area contributed by atoms with Gasteiger partial charge in [-0.1, -0.05) is 11.6 Å². The summed E-state index contributed by atoms with van der Waals surface area (Å²) in [6, 6.07) is 6.70. The van der Waals surface area contributed by atoms with Gasteiger partial charge in [-0.3, -0.25) is 9.78 Å². The summed E-state index contributed by atoms with van der Waals surface area (Å²) < 4.78 is 46.3. The molecule has 39 heavy (non-hydrogen) atoms. The van der Waals surface area contributed by atoms with Crippen molar-refractivity contribution in [2.75, 3.05) is 32.5 Å². The van der Waals surface area contributed by atoms with Crippen molar-refractivity contribution in [2.24, 2.45) is 17.6 Å². The third-order valence-electron chi connectivity index (χ3n) is 7.32. The number of thioether (sulfide) groups is 1. The molecule has 0 amide bonds. The Balaban J connectivity index is 1.38. The maximum absolute atomic E-state index is 14.0. The molecule has 0 saturated carbocycles. The Hall–Kier alpha value is -2.53. The predicted molar refractivity (Wildman–Crippen MR) is 147 cm³/mol. The van der Waals surface area contributed by atoms with Crippen LogP contribution in [-0.2, 0) is 4.79 Å². The number of methoxy groups -OCH3 is 1. The first kappa shape index (κ1) is 29.5. The number of carboxylic acid groups (broad SMARTS) is 1. The van der Waals surface area contributed by atoms with Crippen LogP contribution >= 0.6 is 23.4 Å². The summed E-state index contributed by atoms with van der Waals surface area (Å²) in [6.45, 7) is 1.86. The van der Waals surface area contributed by atoms with Crippen LogP contribution in [0.1, 0.15) is 37.3 Å². The number of fused-ring (bicyclic) bond motifs is 1. The van der Waals surface area contributed by atoms with E-state index < -0.39 is 23.4 Å². The average molecular weight is 582 g/mol. The Morgan fingerprint density at radius 1 is 1.28 bits per heavy atom. The number of ether oxygens (including phenoxy) is 1. The zero-order chi connectivity index (χ0) is 28.1. The van der Waals surface area contributed by atoms with Gasteiger partial charge < -0.3 is 20.5 Å². The molecule has 1 aromatic heterocycles. The summed E-state index contributed by atoms with van der Waals surface area (Å²) in [5.41, 5.74) is 8.19. The predicted octanol–water partition coefficient (Wildman–Crippen LogP) is 6.30. The lowest BCUT2D eigenvalue weighted by Gasteiger charge is -2.38. The number of rotatable bonds is 11. The number of halogens is 4. The highest BCUT2D eigenvalue weighted by atomic mass is 35.5. The molecular formula is C28H31ClF3N3O3S. The molecule has 0 aliphatic carbocycles. The Morgan fingerprint density at radius 3 is 2.82 bits per heavy atom. The molecule has 3 atom stereocenters. The second kappa shape index (κ2) is 13.2. The van der Waals surface area contributed by atoms with E-state index in [2.05, 4.69) is 9.88 Å². The van der Waals surface area contributed by atoms with Gasteiger partial charge in [0, 0.05) is 53.8 Å².